The third-order valence-corrected chi connectivity index (χ3v) is 13.3. The van der Waals surface area contributed by atoms with Gasteiger partial charge in [-0.3, -0.25) is 9.80 Å². The third-order valence-electron chi connectivity index (χ3n) is 12.3. The van der Waals surface area contributed by atoms with Gasteiger partial charge in [0.25, 0.3) is 0 Å². The van der Waals surface area contributed by atoms with Crippen molar-refractivity contribution in [2.75, 3.05) is 9.80 Å². The van der Waals surface area contributed by atoms with Crippen LogP contribution in [0.5, 0.6) is 0 Å². The first kappa shape index (κ1) is 36.9. The van der Waals surface area contributed by atoms with Crippen molar-refractivity contribution >= 4 is 110 Å². The molecule has 306 valence electrons. The number of hydrogen-bond acceptors (Lipinski definition) is 7. The van der Waals surface area contributed by atoms with Gasteiger partial charge in [0, 0.05) is 78.8 Å². The van der Waals surface area contributed by atoms with Gasteiger partial charge in [0.1, 0.15) is 9.66 Å². The van der Waals surface area contributed by atoms with Gasteiger partial charge in [0.05, 0.1) is 22.1 Å². The van der Waals surface area contributed by atoms with E-state index in [0.717, 1.165) is 87.4 Å². The van der Waals surface area contributed by atoms with Gasteiger partial charge in [0.2, 0.25) is 11.9 Å². The van der Waals surface area contributed by atoms with E-state index in [4.69, 9.17) is 19.9 Å². The van der Waals surface area contributed by atoms with Gasteiger partial charge in [-0.05, 0) is 97.1 Å². The average molecular weight is 853 g/mol. The van der Waals surface area contributed by atoms with Crippen molar-refractivity contribution < 1.29 is 0 Å². The van der Waals surface area contributed by atoms with Crippen LogP contribution < -0.4 is 9.80 Å². The summed E-state index contributed by atoms with van der Waals surface area (Å²) in [5.41, 5.74) is 10.7. The van der Waals surface area contributed by atoms with Gasteiger partial charge in [-0.1, -0.05) is 121 Å². The molecule has 8 aromatic carbocycles. The number of rotatable bonds is 8. The molecule has 0 fully saturated rings. The van der Waals surface area contributed by atoms with Gasteiger partial charge in [-0.2, -0.15) is 0 Å². The van der Waals surface area contributed by atoms with Crippen molar-refractivity contribution in [1.29, 1.82) is 0 Å². The fourth-order valence-electron chi connectivity index (χ4n) is 9.37. The van der Waals surface area contributed by atoms with E-state index in [-0.39, 0.29) is 0 Å². The van der Waals surface area contributed by atoms with E-state index in [1.807, 2.05) is 24.5 Å². The molecule has 0 atom stereocenters. The molecule has 0 bridgehead atoms. The number of fused-ring (bicyclic) bond motifs is 9. The van der Waals surface area contributed by atoms with Crippen molar-refractivity contribution in [3.8, 4) is 11.4 Å². The second-order valence-electron chi connectivity index (χ2n) is 16.0. The molecule has 5 heterocycles. The number of hydrogen-bond donors (Lipinski definition) is 0. The van der Waals surface area contributed by atoms with E-state index in [1.165, 1.54) is 10.8 Å². The number of para-hydroxylation sites is 6. The van der Waals surface area contributed by atoms with Gasteiger partial charge in [0.15, 0.2) is 0 Å². The Morgan fingerprint density at radius 2 is 0.692 bits per heavy atom. The van der Waals surface area contributed by atoms with Crippen molar-refractivity contribution in [1.82, 2.24) is 29.1 Å². The van der Waals surface area contributed by atoms with Crippen molar-refractivity contribution in [2.45, 2.75) is 0 Å². The van der Waals surface area contributed by atoms with Gasteiger partial charge in [-0.25, -0.2) is 19.9 Å². The largest absolute Gasteiger partial charge is 0.309 e. The number of aromatic nitrogens is 6. The van der Waals surface area contributed by atoms with Crippen LogP contribution in [0.3, 0.4) is 0 Å². The highest BCUT2D eigenvalue weighted by Gasteiger charge is 2.23. The first-order chi connectivity index (χ1) is 32.2. The predicted molar refractivity (Wildman–Crippen MR) is 269 cm³/mol. The second kappa shape index (κ2) is 15.0. The zero-order valence-corrected chi connectivity index (χ0v) is 35.6. The number of benzene rings is 8. The summed E-state index contributed by atoms with van der Waals surface area (Å²) in [5.74, 6) is 1.15. The smallest absolute Gasteiger partial charge is 0.235 e. The van der Waals surface area contributed by atoms with E-state index in [2.05, 4.69) is 213 Å². The Kier molecular flexibility index (Phi) is 8.53. The number of nitrogens with zero attached hydrogens (tertiary/aromatic N) is 8. The molecule has 0 saturated heterocycles. The Balaban J connectivity index is 0.936. The third kappa shape index (κ3) is 6.05. The van der Waals surface area contributed by atoms with Crippen LogP contribution in [-0.2, 0) is 0 Å². The first-order valence-corrected chi connectivity index (χ1v) is 22.4. The molecule has 0 aliphatic carbocycles. The minimum Gasteiger partial charge on any atom is -0.309 e. The quantitative estimate of drug-likeness (QED) is 0.152. The van der Waals surface area contributed by atoms with Crippen LogP contribution in [0.2, 0.25) is 0 Å². The highest BCUT2D eigenvalue weighted by molar-refractivity contribution is 7.25. The second-order valence-corrected chi connectivity index (χ2v) is 17.0. The van der Waals surface area contributed by atoms with Crippen molar-refractivity contribution in [3.63, 3.8) is 0 Å². The monoisotopic (exact) mass is 852 g/mol. The molecule has 9 heteroatoms. The lowest BCUT2D eigenvalue weighted by molar-refractivity contribution is 1.11. The molecule has 0 radical (unpaired) electrons. The molecule has 0 aliphatic rings. The van der Waals surface area contributed by atoms with Gasteiger partial charge >= 0.3 is 0 Å². The van der Waals surface area contributed by atoms with Crippen LogP contribution in [0.4, 0.5) is 34.6 Å². The zero-order chi connectivity index (χ0) is 42.8. The molecule has 5 aromatic heterocycles. The normalized spacial score (nSPS) is 11.7. The first-order valence-electron chi connectivity index (χ1n) is 21.6. The maximum absolute atomic E-state index is 5.29. The summed E-state index contributed by atoms with van der Waals surface area (Å²) in [6, 6.07) is 72.2. The molecule has 0 N–H and O–H groups in total. The molecular formula is C56H36N8S. The maximum atomic E-state index is 5.29. The minimum absolute atomic E-state index is 0.573. The fraction of sp³-hybridized carbons (Fsp3) is 0. The SMILES string of the molecule is c1ccc(N(c2ccc3c(c2)c2ccccc2n3-c2ccccc2)c2ncc3c(n2)sc2nc(N(c4ccccc4)c4ccc5c(c4)c4ccccc4n5-c4ccccc4)ncc23)cc1. The number of thiophene rings is 1. The maximum Gasteiger partial charge on any atom is 0.235 e. The summed E-state index contributed by atoms with van der Waals surface area (Å²) in [5, 5.41) is 6.49. The van der Waals surface area contributed by atoms with E-state index in [9.17, 15) is 0 Å². The van der Waals surface area contributed by atoms with E-state index in [1.54, 1.807) is 11.3 Å². The Labute approximate surface area is 377 Å². The van der Waals surface area contributed by atoms with Crippen LogP contribution in [0.25, 0.3) is 75.4 Å². The van der Waals surface area contributed by atoms with Crippen molar-refractivity contribution in [2.24, 2.45) is 0 Å². The molecule has 0 amide bonds. The predicted octanol–water partition coefficient (Wildman–Crippen LogP) is 14.8. The molecule has 0 unspecified atom stereocenters. The molecule has 13 rings (SSSR count). The highest BCUT2D eigenvalue weighted by atomic mass is 32.1. The molecule has 65 heavy (non-hydrogen) atoms. The summed E-state index contributed by atoms with van der Waals surface area (Å²) in [6.45, 7) is 0. The standard InChI is InChI=1S/C56H36N8S/c1-5-17-37(18-6-1)61(41-29-31-51-45(33-41)43-25-13-15-27-49(43)63(51)39-21-9-3-10-22-39)55-57-35-47-48-36-58-56(60-54(48)65-53(47)59-55)62(38-19-7-2-8-20-38)42-30-32-52-46(34-42)44-26-14-16-28-50(44)64(52)40-23-11-4-12-24-40/h1-36H. The lowest BCUT2D eigenvalue weighted by atomic mass is 10.1. The zero-order valence-electron chi connectivity index (χ0n) is 34.8. The van der Waals surface area contributed by atoms with Crippen molar-refractivity contribution in [3.05, 3.63) is 219 Å². The van der Waals surface area contributed by atoms with Crippen LogP contribution in [0, 0.1) is 0 Å². The van der Waals surface area contributed by atoms with E-state index in [0.29, 0.717) is 11.9 Å². The van der Waals surface area contributed by atoms with E-state index >= 15 is 0 Å². The Hall–Kier alpha value is -8.66. The molecular weight excluding hydrogens is 817 g/mol. The lowest BCUT2D eigenvalue weighted by Crippen LogP contribution is -2.13. The molecule has 13 aromatic rings. The van der Waals surface area contributed by atoms with Crippen LogP contribution >= 0.6 is 11.3 Å². The van der Waals surface area contributed by atoms with Gasteiger partial charge in [-0.15, -0.1) is 0 Å². The summed E-state index contributed by atoms with van der Waals surface area (Å²) in [4.78, 5) is 26.6. The average Bonchev–Trinajstić information content (AvgIpc) is 4.02. The van der Waals surface area contributed by atoms with E-state index < -0.39 is 0 Å². The summed E-state index contributed by atoms with van der Waals surface area (Å²) in [6.07, 6.45) is 3.83. The fourth-order valence-corrected chi connectivity index (χ4v) is 10.4. The summed E-state index contributed by atoms with van der Waals surface area (Å²) >= 11 is 1.55. The summed E-state index contributed by atoms with van der Waals surface area (Å²) < 4.78 is 4.66. The van der Waals surface area contributed by atoms with Crippen LogP contribution in [-0.4, -0.2) is 29.1 Å². The highest BCUT2D eigenvalue weighted by Crippen LogP contribution is 2.42. The topological polar surface area (TPSA) is 67.9 Å². The Morgan fingerprint density at radius 3 is 1.12 bits per heavy atom. The van der Waals surface area contributed by atoms with Crippen LogP contribution in [0.1, 0.15) is 0 Å². The molecule has 0 saturated carbocycles. The molecule has 0 aliphatic heterocycles. The Bertz CT molecular complexity index is 3650. The number of anilines is 6. The summed E-state index contributed by atoms with van der Waals surface area (Å²) in [7, 11) is 0. The lowest BCUT2D eigenvalue weighted by Gasteiger charge is -2.23. The molecule has 0 spiro atoms. The van der Waals surface area contributed by atoms with Crippen LogP contribution in [0.15, 0.2) is 219 Å². The minimum atomic E-state index is 0.573. The van der Waals surface area contributed by atoms with Gasteiger partial charge < -0.3 is 9.13 Å². The molecule has 8 nitrogen and oxygen atoms in total. The Morgan fingerprint density at radius 1 is 0.323 bits per heavy atom.